The summed E-state index contributed by atoms with van der Waals surface area (Å²) in [6, 6.07) is 8.38. The average molecular weight is 348 g/mol. The summed E-state index contributed by atoms with van der Waals surface area (Å²) in [5.74, 6) is 0.384. The van der Waals surface area contributed by atoms with Crippen LogP contribution in [0.2, 0.25) is 0 Å². The van der Waals surface area contributed by atoms with Crippen molar-refractivity contribution in [2.45, 2.75) is 40.0 Å². The Morgan fingerprint density at radius 1 is 1.12 bits per heavy atom. The maximum atomic E-state index is 12.2. The zero-order valence-electron chi connectivity index (χ0n) is 16.1. The van der Waals surface area contributed by atoms with E-state index in [4.69, 9.17) is 4.74 Å². The van der Waals surface area contributed by atoms with Crippen LogP contribution in [-0.4, -0.2) is 61.6 Å². The summed E-state index contributed by atoms with van der Waals surface area (Å²) in [6.45, 7) is 12.5. The first kappa shape index (κ1) is 19.9. The number of benzene rings is 1. The Labute approximate surface area is 152 Å². The molecule has 5 nitrogen and oxygen atoms in total. The van der Waals surface area contributed by atoms with Crippen LogP contribution in [0.3, 0.4) is 0 Å². The van der Waals surface area contributed by atoms with Gasteiger partial charge in [0, 0.05) is 45.9 Å². The number of ether oxygens (including phenoxy) is 1. The fourth-order valence-corrected chi connectivity index (χ4v) is 2.87. The monoisotopic (exact) mass is 347 g/mol. The first-order valence-corrected chi connectivity index (χ1v) is 9.32. The Morgan fingerprint density at radius 3 is 2.40 bits per heavy atom. The van der Waals surface area contributed by atoms with Crippen LogP contribution in [0, 0.1) is 5.92 Å². The Hall–Kier alpha value is -1.43. The molecule has 1 atom stereocenters. The second-order valence-corrected chi connectivity index (χ2v) is 7.44. The number of likely N-dealkylation sites (N-methyl/N-ethyl adjacent to an activating group) is 1. The van der Waals surface area contributed by atoms with Crippen LogP contribution in [0.15, 0.2) is 24.3 Å². The third kappa shape index (κ3) is 6.77. The maximum absolute atomic E-state index is 12.2. The molecule has 1 aliphatic heterocycles. The summed E-state index contributed by atoms with van der Waals surface area (Å²) in [4.78, 5) is 17.1. The van der Waals surface area contributed by atoms with Crippen molar-refractivity contribution >= 4 is 5.91 Å². The molecule has 1 aliphatic rings. The third-order valence-electron chi connectivity index (χ3n) is 4.61. The molecule has 5 heteroatoms. The van der Waals surface area contributed by atoms with E-state index in [1.54, 1.807) is 0 Å². The van der Waals surface area contributed by atoms with E-state index in [-0.39, 0.29) is 5.91 Å². The van der Waals surface area contributed by atoms with E-state index in [2.05, 4.69) is 54.2 Å². The molecule has 2 rings (SSSR count). The molecule has 0 saturated carbocycles. The van der Waals surface area contributed by atoms with E-state index < -0.39 is 6.10 Å². The minimum absolute atomic E-state index is 0.0462. The Balaban J connectivity index is 1.86. The van der Waals surface area contributed by atoms with Crippen LogP contribution in [0.4, 0.5) is 0 Å². The highest BCUT2D eigenvalue weighted by molar-refractivity contribution is 5.80. The fraction of sp³-hybridized carbons (Fsp3) is 0.650. The number of hydrogen-bond acceptors (Lipinski definition) is 4. The number of carbonyl (C=O) groups is 1. The van der Waals surface area contributed by atoms with Gasteiger partial charge in [-0.2, -0.15) is 0 Å². The first-order chi connectivity index (χ1) is 12.0. The minimum atomic E-state index is -0.410. The molecule has 0 aliphatic carbocycles. The lowest BCUT2D eigenvalue weighted by atomic mass is 10.1. The second-order valence-electron chi connectivity index (χ2n) is 7.44. The molecule has 1 aromatic carbocycles. The number of hydrogen-bond donors (Lipinski definition) is 1. The zero-order chi connectivity index (χ0) is 18.2. The van der Waals surface area contributed by atoms with Crippen LogP contribution in [-0.2, 0) is 22.6 Å². The summed E-state index contributed by atoms with van der Waals surface area (Å²) in [5.41, 5.74) is 2.48. The zero-order valence-corrected chi connectivity index (χ0v) is 16.1. The molecule has 140 valence electrons. The van der Waals surface area contributed by atoms with Crippen molar-refractivity contribution in [2.24, 2.45) is 5.92 Å². The Bertz CT molecular complexity index is 539. The van der Waals surface area contributed by atoms with Gasteiger partial charge < -0.3 is 15.0 Å². The van der Waals surface area contributed by atoms with E-state index >= 15 is 0 Å². The quantitative estimate of drug-likeness (QED) is 0.782. The molecule has 0 aromatic heterocycles. The van der Waals surface area contributed by atoms with Gasteiger partial charge in [0.1, 0.15) is 6.10 Å². The van der Waals surface area contributed by atoms with E-state index in [0.29, 0.717) is 19.1 Å². The molecule has 1 aromatic rings. The van der Waals surface area contributed by atoms with Crippen LogP contribution in [0.25, 0.3) is 0 Å². The van der Waals surface area contributed by atoms with Gasteiger partial charge in [-0.3, -0.25) is 9.69 Å². The number of piperazine rings is 1. The predicted octanol–water partition coefficient (Wildman–Crippen LogP) is 2.11. The van der Waals surface area contributed by atoms with Crippen molar-refractivity contribution in [3.05, 3.63) is 35.4 Å². The lowest BCUT2D eigenvalue weighted by molar-refractivity contribution is -0.132. The lowest BCUT2D eigenvalue weighted by Crippen LogP contribution is -2.44. The molecule has 25 heavy (non-hydrogen) atoms. The van der Waals surface area contributed by atoms with Gasteiger partial charge in [-0.1, -0.05) is 38.1 Å². The minimum Gasteiger partial charge on any atom is -0.368 e. The van der Waals surface area contributed by atoms with E-state index in [9.17, 15) is 4.79 Å². The van der Waals surface area contributed by atoms with Crippen molar-refractivity contribution in [1.29, 1.82) is 0 Å². The molecule has 0 radical (unpaired) electrons. The topological polar surface area (TPSA) is 44.8 Å². The second kappa shape index (κ2) is 9.90. The van der Waals surface area contributed by atoms with Gasteiger partial charge in [0.2, 0.25) is 5.91 Å². The van der Waals surface area contributed by atoms with Crippen molar-refractivity contribution in [1.82, 2.24) is 15.1 Å². The standard InChI is InChI=1S/C20H33N3O2/c1-16(2)15-25-17(3)20(24)21-13-18-7-5-6-8-19(18)14-23-11-9-22(4)10-12-23/h5-8,16-17H,9-15H2,1-4H3,(H,21,24)/t17-/m0/s1. The highest BCUT2D eigenvalue weighted by Gasteiger charge is 2.17. The molecule has 1 amide bonds. The van der Waals surface area contributed by atoms with Gasteiger partial charge in [0.25, 0.3) is 0 Å². The van der Waals surface area contributed by atoms with Crippen LogP contribution in [0.5, 0.6) is 0 Å². The van der Waals surface area contributed by atoms with Crippen LogP contribution < -0.4 is 5.32 Å². The Kier molecular flexibility index (Phi) is 7.88. The largest absolute Gasteiger partial charge is 0.368 e. The maximum Gasteiger partial charge on any atom is 0.249 e. The number of carbonyl (C=O) groups excluding carboxylic acids is 1. The van der Waals surface area contributed by atoms with Gasteiger partial charge in [-0.05, 0) is 31.0 Å². The summed E-state index contributed by atoms with van der Waals surface area (Å²) in [5, 5.41) is 3.02. The molecule has 0 spiro atoms. The normalized spacial score (nSPS) is 17.6. The van der Waals surface area contributed by atoms with Crippen molar-refractivity contribution in [3.8, 4) is 0 Å². The molecule has 0 bridgehead atoms. The molecular weight excluding hydrogens is 314 g/mol. The third-order valence-corrected chi connectivity index (χ3v) is 4.61. The molecule has 1 heterocycles. The lowest BCUT2D eigenvalue weighted by Gasteiger charge is -2.32. The van der Waals surface area contributed by atoms with Gasteiger partial charge in [0.15, 0.2) is 0 Å². The van der Waals surface area contributed by atoms with Crippen LogP contribution >= 0.6 is 0 Å². The fourth-order valence-electron chi connectivity index (χ4n) is 2.87. The van der Waals surface area contributed by atoms with E-state index in [1.165, 1.54) is 11.1 Å². The number of rotatable bonds is 8. The SMILES string of the molecule is CC(C)CO[C@@H](C)C(=O)NCc1ccccc1CN1CCN(C)CC1. The summed E-state index contributed by atoms with van der Waals surface area (Å²) in [6.07, 6.45) is -0.410. The summed E-state index contributed by atoms with van der Waals surface area (Å²) < 4.78 is 5.59. The van der Waals surface area contributed by atoms with Gasteiger partial charge in [0.05, 0.1) is 0 Å². The number of nitrogens with zero attached hydrogens (tertiary/aromatic N) is 2. The molecule has 1 N–H and O–H groups in total. The predicted molar refractivity (Wildman–Crippen MR) is 101 cm³/mol. The average Bonchev–Trinajstić information content (AvgIpc) is 2.60. The van der Waals surface area contributed by atoms with Crippen molar-refractivity contribution < 1.29 is 9.53 Å². The highest BCUT2D eigenvalue weighted by atomic mass is 16.5. The van der Waals surface area contributed by atoms with Crippen molar-refractivity contribution in [3.63, 3.8) is 0 Å². The molecular formula is C20H33N3O2. The van der Waals surface area contributed by atoms with E-state index in [1.807, 2.05) is 13.0 Å². The summed E-state index contributed by atoms with van der Waals surface area (Å²) in [7, 11) is 2.17. The first-order valence-electron chi connectivity index (χ1n) is 9.32. The van der Waals surface area contributed by atoms with Gasteiger partial charge >= 0.3 is 0 Å². The van der Waals surface area contributed by atoms with Crippen molar-refractivity contribution in [2.75, 3.05) is 39.8 Å². The van der Waals surface area contributed by atoms with Crippen LogP contribution in [0.1, 0.15) is 31.9 Å². The smallest absolute Gasteiger partial charge is 0.249 e. The van der Waals surface area contributed by atoms with Gasteiger partial charge in [-0.15, -0.1) is 0 Å². The summed E-state index contributed by atoms with van der Waals surface area (Å²) >= 11 is 0. The molecule has 1 saturated heterocycles. The highest BCUT2D eigenvalue weighted by Crippen LogP contribution is 2.13. The van der Waals surface area contributed by atoms with E-state index in [0.717, 1.165) is 32.7 Å². The number of amides is 1. The van der Waals surface area contributed by atoms with Gasteiger partial charge in [-0.25, -0.2) is 0 Å². The molecule has 0 unspecified atom stereocenters. The Morgan fingerprint density at radius 2 is 1.76 bits per heavy atom. The number of nitrogens with one attached hydrogen (secondary N) is 1. The molecule has 1 fully saturated rings.